The van der Waals surface area contributed by atoms with Crippen LogP contribution in [0.15, 0.2) is 18.3 Å². The van der Waals surface area contributed by atoms with Crippen LogP contribution in [-0.4, -0.2) is 12.0 Å². The molecule has 1 rings (SSSR count). The van der Waals surface area contributed by atoms with E-state index in [1.54, 1.807) is 0 Å². The van der Waals surface area contributed by atoms with Crippen molar-refractivity contribution in [1.82, 2.24) is 10.3 Å². The maximum Gasteiger partial charge on any atom is 0.0604 e. The molecule has 1 N–H and O–H groups in total. The van der Waals surface area contributed by atoms with E-state index in [-0.39, 0.29) is 0 Å². The van der Waals surface area contributed by atoms with E-state index in [0.717, 1.165) is 12.8 Å². The molecule has 2 nitrogen and oxygen atoms in total. The number of aryl methyl sites for hydroxylation is 1. The lowest BCUT2D eigenvalue weighted by molar-refractivity contribution is 0.335. The van der Waals surface area contributed by atoms with E-state index in [9.17, 15) is 0 Å². The van der Waals surface area contributed by atoms with Gasteiger partial charge in [-0.05, 0) is 43.4 Å². The first-order valence-corrected chi connectivity index (χ1v) is 6.59. The van der Waals surface area contributed by atoms with Crippen molar-refractivity contribution in [1.29, 1.82) is 0 Å². The highest BCUT2D eigenvalue weighted by Crippen LogP contribution is 2.27. The molecule has 0 aliphatic heterocycles. The van der Waals surface area contributed by atoms with Crippen molar-refractivity contribution < 1.29 is 0 Å². The summed E-state index contributed by atoms with van der Waals surface area (Å²) in [6.07, 6.45) is 5.30. The molecule has 0 saturated heterocycles. The third-order valence-corrected chi connectivity index (χ3v) is 3.17. The number of nitrogens with zero attached hydrogens (tertiary/aromatic N) is 1. The highest BCUT2D eigenvalue weighted by molar-refractivity contribution is 5.22. The lowest BCUT2D eigenvalue weighted by atomic mass is 9.87. The minimum absolute atomic E-state index is 0.380. The van der Waals surface area contributed by atoms with Gasteiger partial charge in [-0.3, -0.25) is 4.98 Å². The summed E-state index contributed by atoms with van der Waals surface area (Å²) in [7, 11) is 2.03. The molecule has 1 heterocycles. The van der Waals surface area contributed by atoms with Gasteiger partial charge in [0.05, 0.1) is 5.69 Å². The van der Waals surface area contributed by atoms with Gasteiger partial charge in [0, 0.05) is 12.2 Å². The molecule has 1 aromatic rings. The van der Waals surface area contributed by atoms with Gasteiger partial charge in [-0.2, -0.15) is 0 Å². The first-order chi connectivity index (χ1) is 7.98. The van der Waals surface area contributed by atoms with Crippen molar-refractivity contribution in [2.45, 2.75) is 53.0 Å². The van der Waals surface area contributed by atoms with E-state index in [0.29, 0.717) is 11.5 Å². The molecule has 0 aliphatic rings. The van der Waals surface area contributed by atoms with Gasteiger partial charge in [-0.1, -0.05) is 33.8 Å². The van der Waals surface area contributed by atoms with E-state index in [4.69, 9.17) is 0 Å². The lowest BCUT2D eigenvalue weighted by Crippen LogP contribution is -2.21. The fourth-order valence-electron chi connectivity index (χ4n) is 2.06. The molecule has 0 bridgehead atoms. The number of rotatable bonds is 5. The number of hydrogen-bond donors (Lipinski definition) is 1. The molecule has 2 heteroatoms. The molecular formula is C15H26N2. The van der Waals surface area contributed by atoms with Crippen LogP contribution in [0.1, 0.15) is 57.8 Å². The quantitative estimate of drug-likeness (QED) is 0.839. The summed E-state index contributed by atoms with van der Waals surface area (Å²) in [6, 6.07) is 4.59. The van der Waals surface area contributed by atoms with Crippen molar-refractivity contribution in [3.8, 4) is 0 Å². The van der Waals surface area contributed by atoms with Crippen LogP contribution in [0.5, 0.6) is 0 Å². The largest absolute Gasteiger partial charge is 0.312 e. The van der Waals surface area contributed by atoms with Gasteiger partial charge in [0.25, 0.3) is 0 Å². The Kier molecular flexibility index (Phi) is 5.13. The molecule has 1 aromatic heterocycles. The molecule has 1 atom stereocenters. The van der Waals surface area contributed by atoms with Crippen LogP contribution in [0.3, 0.4) is 0 Å². The molecule has 0 saturated carbocycles. The summed E-state index contributed by atoms with van der Waals surface area (Å²) in [4.78, 5) is 4.56. The van der Waals surface area contributed by atoms with Gasteiger partial charge in [0.2, 0.25) is 0 Å². The maximum absolute atomic E-state index is 4.56. The summed E-state index contributed by atoms with van der Waals surface area (Å²) < 4.78 is 0. The predicted octanol–water partition coefficient (Wildman–Crippen LogP) is 3.73. The molecule has 0 fully saturated rings. The highest BCUT2D eigenvalue weighted by Gasteiger charge is 2.18. The van der Waals surface area contributed by atoms with Gasteiger partial charge >= 0.3 is 0 Å². The van der Waals surface area contributed by atoms with Gasteiger partial charge in [0.1, 0.15) is 0 Å². The molecule has 0 aliphatic carbocycles. The third-order valence-electron chi connectivity index (χ3n) is 3.17. The minimum atomic E-state index is 0.380. The van der Waals surface area contributed by atoms with Crippen LogP contribution in [0, 0.1) is 5.41 Å². The van der Waals surface area contributed by atoms with Crippen molar-refractivity contribution in [2.24, 2.45) is 5.41 Å². The number of aromatic nitrogens is 1. The van der Waals surface area contributed by atoms with Crippen LogP contribution in [0.25, 0.3) is 0 Å². The lowest BCUT2D eigenvalue weighted by Gasteiger charge is -2.23. The Hall–Kier alpha value is -0.890. The molecule has 0 aromatic carbocycles. The summed E-state index contributed by atoms with van der Waals surface area (Å²) in [5, 5.41) is 3.40. The monoisotopic (exact) mass is 234 g/mol. The molecule has 0 amide bonds. The van der Waals surface area contributed by atoms with Crippen molar-refractivity contribution in [3.63, 3.8) is 0 Å². The zero-order chi connectivity index (χ0) is 12.9. The fraction of sp³-hybridized carbons (Fsp3) is 0.667. The van der Waals surface area contributed by atoms with Crippen molar-refractivity contribution in [3.05, 3.63) is 29.6 Å². The van der Waals surface area contributed by atoms with Gasteiger partial charge in [0.15, 0.2) is 0 Å². The predicted molar refractivity (Wildman–Crippen MR) is 74.1 cm³/mol. The minimum Gasteiger partial charge on any atom is -0.312 e. The summed E-state index contributed by atoms with van der Waals surface area (Å²) >= 11 is 0. The SMILES string of the molecule is CCc1cccnc1C(CCC(C)(C)C)NC. The zero-order valence-electron chi connectivity index (χ0n) is 11.9. The number of nitrogens with one attached hydrogen (secondary N) is 1. The van der Waals surface area contributed by atoms with Crippen LogP contribution in [0.2, 0.25) is 0 Å². The summed E-state index contributed by atoms with van der Waals surface area (Å²) in [6.45, 7) is 9.06. The summed E-state index contributed by atoms with van der Waals surface area (Å²) in [5.74, 6) is 0. The molecule has 0 radical (unpaired) electrons. The Morgan fingerprint density at radius 3 is 2.59 bits per heavy atom. The number of hydrogen-bond acceptors (Lipinski definition) is 2. The van der Waals surface area contributed by atoms with Crippen molar-refractivity contribution in [2.75, 3.05) is 7.05 Å². The van der Waals surface area contributed by atoms with Crippen LogP contribution in [-0.2, 0) is 6.42 Å². The van der Waals surface area contributed by atoms with Gasteiger partial charge < -0.3 is 5.32 Å². The smallest absolute Gasteiger partial charge is 0.0604 e. The van der Waals surface area contributed by atoms with E-state index in [1.807, 2.05) is 19.3 Å². The van der Waals surface area contributed by atoms with Crippen molar-refractivity contribution >= 4 is 0 Å². The highest BCUT2D eigenvalue weighted by atomic mass is 14.9. The second-order valence-corrected chi connectivity index (χ2v) is 5.84. The van der Waals surface area contributed by atoms with E-state index < -0.39 is 0 Å². The molecule has 1 unspecified atom stereocenters. The second kappa shape index (κ2) is 6.15. The van der Waals surface area contributed by atoms with Crippen LogP contribution >= 0.6 is 0 Å². The van der Waals surface area contributed by atoms with E-state index >= 15 is 0 Å². The standard InChI is InChI=1S/C15H26N2/c1-6-12-8-7-11-17-14(12)13(16-5)9-10-15(2,3)4/h7-8,11,13,16H,6,9-10H2,1-5H3. The average Bonchev–Trinajstić information content (AvgIpc) is 2.29. The Bertz CT molecular complexity index is 339. The Balaban J connectivity index is 2.79. The van der Waals surface area contributed by atoms with Gasteiger partial charge in [-0.25, -0.2) is 0 Å². The Morgan fingerprint density at radius 1 is 1.35 bits per heavy atom. The van der Waals surface area contributed by atoms with Crippen LogP contribution in [0.4, 0.5) is 0 Å². The number of pyridine rings is 1. The van der Waals surface area contributed by atoms with E-state index in [2.05, 4.69) is 44.1 Å². The molecule has 17 heavy (non-hydrogen) atoms. The summed E-state index contributed by atoms with van der Waals surface area (Å²) in [5.41, 5.74) is 2.97. The fourth-order valence-corrected chi connectivity index (χ4v) is 2.06. The first-order valence-electron chi connectivity index (χ1n) is 6.59. The van der Waals surface area contributed by atoms with Gasteiger partial charge in [-0.15, -0.1) is 0 Å². The maximum atomic E-state index is 4.56. The Morgan fingerprint density at radius 2 is 2.06 bits per heavy atom. The molecule has 0 spiro atoms. The normalized spacial score (nSPS) is 13.7. The zero-order valence-corrected chi connectivity index (χ0v) is 11.9. The molecule has 96 valence electrons. The first kappa shape index (κ1) is 14.2. The van der Waals surface area contributed by atoms with E-state index in [1.165, 1.54) is 17.7 Å². The third kappa shape index (κ3) is 4.47. The average molecular weight is 234 g/mol. The topological polar surface area (TPSA) is 24.9 Å². The second-order valence-electron chi connectivity index (χ2n) is 5.84. The van der Waals surface area contributed by atoms with Crippen LogP contribution < -0.4 is 5.32 Å². The Labute approximate surface area is 106 Å². The molecular weight excluding hydrogens is 208 g/mol.